The molecule has 4 atom stereocenters. The molecular weight excluding hydrogens is 855 g/mol. The maximum atomic E-state index is 14.7. The van der Waals surface area contributed by atoms with E-state index < -0.39 is 53.7 Å². The number of aromatic nitrogens is 2. The number of carbonyl (C=O) groups excluding carboxylic acids is 5. The van der Waals surface area contributed by atoms with Crippen LogP contribution < -0.4 is 47.9 Å². The average Bonchev–Trinajstić information content (AvgIpc) is 3.30. The lowest BCUT2D eigenvalue weighted by Crippen LogP contribution is -2.56. The van der Waals surface area contributed by atoms with Gasteiger partial charge in [-0.3, -0.25) is 24.0 Å². The predicted molar refractivity (Wildman–Crippen MR) is 253 cm³/mol. The number of benzene rings is 3. The molecule has 0 saturated carbocycles. The van der Waals surface area contributed by atoms with Crippen LogP contribution in [0, 0.1) is 31.1 Å². The minimum Gasteiger partial charge on any atom is -0.492 e. The molecule has 0 saturated heterocycles. The Morgan fingerprint density at radius 3 is 2.09 bits per heavy atom. The zero-order chi connectivity index (χ0) is 48.8. The number of rotatable bonds is 18. The van der Waals surface area contributed by atoms with Crippen molar-refractivity contribution < 1.29 is 33.4 Å². The lowest BCUT2D eigenvalue weighted by atomic mass is 9.93. The number of aryl methyl sites for hydroxylation is 3. The summed E-state index contributed by atoms with van der Waals surface area (Å²) in [5, 5.41) is 19.9. The van der Waals surface area contributed by atoms with Crippen molar-refractivity contribution in [3.63, 3.8) is 0 Å². The number of nitriles is 1. The van der Waals surface area contributed by atoms with Gasteiger partial charge in [0.1, 0.15) is 55.4 Å². The predicted octanol–water partition coefficient (Wildman–Crippen LogP) is 2.52. The highest BCUT2D eigenvalue weighted by Gasteiger charge is 2.36. The first-order valence-electron chi connectivity index (χ1n) is 22.5. The minimum absolute atomic E-state index is 0.00150. The van der Waals surface area contributed by atoms with Gasteiger partial charge in [-0.05, 0) is 93.5 Å². The van der Waals surface area contributed by atoms with Gasteiger partial charge in [0.15, 0.2) is 5.82 Å². The summed E-state index contributed by atoms with van der Waals surface area (Å²) in [6, 6.07) is 15.1. The number of nitrogens with zero attached hydrogens (tertiary/aromatic N) is 4. The number of carbonyl (C=O) groups is 5. The van der Waals surface area contributed by atoms with E-state index in [1.807, 2.05) is 18.2 Å². The molecule has 1 aliphatic rings. The van der Waals surface area contributed by atoms with Gasteiger partial charge in [-0.2, -0.15) is 5.26 Å². The maximum absolute atomic E-state index is 14.7. The summed E-state index contributed by atoms with van der Waals surface area (Å²) in [7, 11) is 1.42. The third kappa shape index (κ3) is 13.1. The normalized spacial score (nSPS) is 16.4. The fourth-order valence-electron chi connectivity index (χ4n) is 7.81. The fraction of sp³-hybridized carbons (Fsp3) is 0.429. The fourth-order valence-corrected chi connectivity index (χ4v) is 7.81. The molecule has 5 amide bonds. The molecule has 67 heavy (non-hydrogen) atoms. The zero-order valence-electron chi connectivity index (χ0n) is 39.1. The number of fused-ring (bicyclic) bond motifs is 5. The quantitative estimate of drug-likeness (QED) is 0.0708. The molecule has 1 aliphatic heterocycles. The first-order valence-corrected chi connectivity index (χ1v) is 22.5. The van der Waals surface area contributed by atoms with E-state index in [2.05, 4.69) is 57.2 Å². The van der Waals surface area contributed by atoms with Crippen LogP contribution in [0.3, 0.4) is 0 Å². The molecule has 2 heterocycles. The van der Waals surface area contributed by atoms with Crippen molar-refractivity contribution in [3.8, 4) is 40.1 Å². The Kier molecular flexibility index (Phi) is 18.3. The van der Waals surface area contributed by atoms with Crippen LogP contribution in [0.5, 0.6) is 11.5 Å². The molecule has 0 fully saturated rings. The number of hydrogen-bond acceptors (Lipinski definition) is 13. The molecule has 0 aliphatic carbocycles. The Bertz CT molecular complexity index is 2430. The van der Waals surface area contributed by atoms with Gasteiger partial charge in [0.2, 0.25) is 23.6 Å². The van der Waals surface area contributed by atoms with Gasteiger partial charge in [-0.15, -0.1) is 0 Å². The van der Waals surface area contributed by atoms with Crippen molar-refractivity contribution in [3.05, 3.63) is 94.3 Å². The Morgan fingerprint density at radius 1 is 0.866 bits per heavy atom. The number of likely N-dealkylation sites (N-methyl/N-ethyl adjacent to an activating group) is 1. The molecule has 1 unspecified atom stereocenters. The first kappa shape index (κ1) is 51.1. The van der Waals surface area contributed by atoms with Crippen molar-refractivity contribution in [1.29, 1.82) is 5.26 Å². The van der Waals surface area contributed by atoms with Gasteiger partial charge in [0.05, 0.1) is 23.0 Å². The maximum Gasteiger partial charge on any atom is 0.255 e. The summed E-state index contributed by atoms with van der Waals surface area (Å²) >= 11 is 0. The van der Waals surface area contributed by atoms with Crippen LogP contribution in [-0.4, -0.2) is 109 Å². The monoisotopic (exact) mass is 917 g/mol. The van der Waals surface area contributed by atoms with E-state index in [0.717, 1.165) is 18.4 Å². The standard InChI is InChI=1S/C49H63N11O7/c1-28(2)7-8-32-9-12-34(13-10-32)44-55-29(3)42(30(4)56-44)47(63)58-38(17-18-50)49(65)60(6)43-35-14-16-41(67-24-21-53)37(27-35)36-25-33(11-15-40(36)66-23-20-52)26-39(46(62)54-22-19-51)59-45(61)31(5)57-48(43)64/h9-16,25,27-28,31,38-39,43H,7-8,17-18,20-24,26,50,52-53H2,1-6H3,(H,54,62)(H,57,64)(H,58,63)(H,59,61)/t31-,38?,39-,43-/m0/s1. The van der Waals surface area contributed by atoms with E-state index in [0.29, 0.717) is 56.9 Å². The van der Waals surface area contributed by atoms with E-state index in [-0.39, 0.29) is 57.8 Å². The Morgan fingerprint density at radius 2 is 1.49 bits per heavy atom. The van der Waals surface area contributed by atoms with Crippen LogP contribution in [-0.2, 0) is 32.0 Å². The van der Waals surface area contributed by atoms with E-state index in [1.54, 1.807) is 50.2 Å². The van der Waals surface area contributed by atoms with E-state index in [4.69, 9.17) is 26.7 Å². The van der Waals surface area contributed by atoms with Gasteiger partial charge < -0.3 is 52.8 Å². The van der Waals surface area contributed by atoms with Crippen molar-refractivity contribution in [2.75, 3.05) is 46.4 Å². The molecule has 356 valence electrons. The van der Waals surface area contributed by atoms with Crippen LogP contribution in [0.1, 0.15) is 78.1 Å². The number of hydrogen-bond donors (Lipinski definition) is 7. The molecule has 5 rings (SSSR count). The molecule has 18 nitrogen and oxygen atoms in total. The summed E-state index contributed by atoms with van der Waals surface area (Å²) in [5.74, 6) is -1.52. The second kappa shape index (κ2) is 24.0. The summed E-state index contributed by atoms with van der Waals surface area (Å²) in [6.07, 6.45) is 2.04. The van der Waals surface area contributed by atoms with E-state index >= 15 is 0 Å². The highest BCUT2D eigenvalue weighted by Crippen LogP contribution is 2.40. The van der Waals surface area contributed by atoms with E-state index in [1.165, 1.54) is 24.4 Å². The highest BCUT2D eigenvalue weighted by molar-refractivity contribution is 6.00. The van der Waals surface area contributed by atoms with Crippen molar-refractivity contribution in [2.45, 2.75) is 84.5 Å². The van der Waals surface area contributed by atoms with Crippen LogP contribution >= 0.6 is 0 Å². The molecule has 3 aromatic carbocycles. The summed E-state index contributed by atoms with van der Waals surface area (Å²) in [5.41, 5.74) is 22.6. The Labute approximate surface area is 391 Å². The lowest BCUT2D eigenvalue weighted by molar-refractivity contribution is -0.141. The largest absolute Gasteiger partial charge is 0.492 e. The summed E-state index contributed by atoms with van der Waals surface area (Å²) in [4.78, 5) is 81.1. The first-order chi connectivity index (χ1) is 32.1. The number of nitrogens with one attached hydrogen (secondary N) is 4. The molecular formula is C49H63N11O7. The van der Waals surface area contributed by atoms with Crippen LogP contribution in [0.25, 0.3) is 22.5 Å². The second-order valence-electron chi connectivity index (χ2n) is 16.9. The molecule has 0 radical (unpaired) electrons. The summed E-state index contributed by atoms with van der Waals surface area (Å²) < 4.78 is 12.2. The molecule has 1 aromatic heterocycles. The molecule has 10 N–H and O–H groups in total. The van der Waals surface area contributed by atoms with Gasteiger partial charge in [0.25, 0.3) is 5.91 Å². The third-order valence-electron chi connectivity index (χ3n) is 11.3. The molecule has 4 aromatic rings. The molecule has 18 heteroatoms. The van der Waals surface area contributed by atoms with Gasteiger partial charge in [-0.1, -0.05) is 50.2 Å². The number of ether oxygens (including phenoxy) is 2. The van der Waals surface area contributed by atoms with Crippen molar-refractivity contribution >= 4 is 29.5 Å². The van der Waals surface area contributed by atoms with Crippen molar-refractivity contribution in [1.82, 2.24) is 36.1 Å². The topological polar surface area (TPSA) is 283 Å². The number of amides is 5. The average molecular weight is 918 g/mol. The Hall–Kier alpha value is -6.94. The smallest absolute Gasteiger partial charge is 0.255 e. The van der Waals surface area contributed by atoms with Crippen LogP contribution in [0.2, 0.25) is 0 Å². The second-order valence-corrected chi connectivity index (χ2v) is 16.9. The summed E-state index contributed by atoms with van der Waals surface area (Å²) in [6.45, 7) is 9.60. The van der Waals surface area contributed by atoms with Gasteiger partial charge in [0, 0.05) is 43.2 Å². The zero-order valence-corrected chi connectivity index (χ0v) is 39.1. The van der Waals surface area contributed by atoms with Gasteiger partial charge in [-0.25, -0.2) is 9.97 Å². The lowest BCUT2D eigenvalue weighted by Gasteiger charge is -2.32. The number of nitrogens with two attached hydrogens (primary N) is 3. The third-order valence-corrected chi connectivity index (χ3v) is 11.3. The van der Waals surface area contributed by atoms with Crippen molar-refractivity contribution in [2.24, 2.45) is 23.1 Å². The molecule has 4 bridgehead atoms. The minimum atomic E-state index is -1.40. The highest BCUT2D eigenvalue weighted by atomic mass is 16.5. The van der Waals surface area contributed by atoms with Crippen LogP contribution in [0.15, 0.2) is 60.7 Å². The van der Waals surface area contributed by atoms with E-state index in [9.17, 15) is 29.2 Å². The molecule has 0 spiro atoms. The van der Waals surface area contributed by atoms with Gasteiger partial charge >= 0.3 is 0 Å². The SMILES string of the molecule is Cc1nc(-c2ccc(CCC(C)C)cc2)nc(C)c1C(=O)NC(CCN)C(=O)N(C)[C@@H]1C(=O)N[C@@H](C)C(=O)N[C@H](C(=O)NCC#N)Cc2ccc(OCCN)c(c2)-c2cc1ccc2OCCN. The van der Waals surface area contributed by atoms with Crippen LogP contribution in [0.4, 0.5) is 0 Å². The Balaban J connectivity index is 1.55.